The zero-order chi connectivity index (χ0) is 11.1. The molecule has 0 unspecified atom stereocenters. The molecule has 0 aliphatic rings. The first kappa shape index (κ1) is 11.6. The number of halogens is 1. The Kier molecular flexibility index (Phi) is 4.72. The van der Waals surface area contributed by atoms with Gasteiger partial charge in [0.05, 0.1) is 7.11 Å². The van der Waals surface area contributed by atoms with Crippen LogP contribution in [0.2, 0.25) is 0 Å². The maximum Gasteiger partial charge on any atom is 0.384 e. The fourth-order valence-electron chi connectivity index (χ4n) is 0.810. The summed E-state index contributed by atoms with van der Waals surface area (Å²) in [4.78, 5) is 10.6. The first-order chi connectivity index (χ1) is 7.22. The number of hydrogen-bond acceptors (Lipinski definition) is 3. The Morgan fingerprint density at radius 2 is 2.07 bits per heavy atom. The van der Waals surface area contributed by atoms with Crippen molar-refractivity contribution in [2.24, 2.45) is 0 Å². The summed E-state index contributed by atoms with van der Waals surface area (Å²) in [5.41, 5.74) is 0. The summed E-state index contributed by atoms with van der Waals surface area (Å²) in [7, 11) is 1.28. The van der Waals surface area contributed by atoms with Crippen molar-refractivity contribution in [3.05, 3.63) is 28.7 Å². The lowest BCUT2D eigenvalue weighted by Gasteiger charge is -2.00. The second kappa shape index (κ2) is 6.10. The predicted molar refractivity (Wildman–Crippen MR) is 59.4 cm³/mol. The Balaban J connectivity index is 2.40. The van der Waals surface area contributed by atoms with E-state index in [1.54, 1.807) is 0 Å². The summed E-state index contributed by atoms with van der Waals surface area (Å²) in [6.45, 7) is 0.163. The van der Waals surface area contributed by atoms with Crippen molar-refractivity contribution in [1.29, 1.82) is 0 Å². The molecule has 0 spiro atoms. The predicted octanol–water partition coefficient (Wildman–Crippen LogP) is 2.00. The van der Waals surface area contributed by atoms with E-state index in [1.807, 2.05) is 24.3 Å². The maximum atomic E-state index is 10.6. The Morgan fingerprint density at radius 1 is 1.40 bits per heavy atom. The molecule has 3 nitrogen and oxygen atoms in total. The molecule has 0 amide bonds. The van der Waals surface area contributed by atoms with Gasteiger partial charge in [-0.15, -0.1) is 0 Å². The first-order valence-corrected chi connectivity index (χ1v) is 4.97. The highest BCUT2D eigenvalue weighted by Crippen LogP contribution is 2.15. The van der Waals surface area contributed by atoms with E-state index in [-0.39, 0.29) is 6.61 Å². The molecule has 0 aliphatic carbocycles. The van der Waals surface area contributed by atoms with Crippen molar-refractivity contribution in [1.82, 2.24) is 0 Å². The van der Waals surface area contributed by atoms with Crippen LogP contribution in [-0.2, 0) is 9.53 Å². The number of ether oxygens (including phenoxy) is 2. The van der Waals surface area contributed by atoms with Crippen LogP contribution in [0.25, 0.3) is 0 Å². The van der Waals surface area contributed by atoms with Gasteiger partial charge in [0, 0.05) is 10.4 Å². The Morgan fingerprint density at radius 3 is 2.67 bits per heavy atom. The average molecular weight is 269 g/mol. The quantitative estimate of drug-likeness (QED) is 0.468. The molecule has 1 aromatic carbocycles. The number of esters is 1. The Labute approximate surface area is 96.5 Å². The normalized spacial score (nSPS) is 8.67. The van der Waals surface area contributed by atoms with Crippen LogP contribution < -0.4 is 4.74 Å². The van der Waals surface area contributed by atoms with Gasteiger partial charge in [-0.05, 0) is 30.2 Å². The third-order valence-electron chi connectivity index (χ3n) is 1.50. The molecule has 1 aromatic rings. The molecule has 1 rings (SSSR count). The van der Waals surface area contributed by atoms with E-state index in [4.69, 9.17) is 4.74 Å². The van der Waals surface area contributed by atoms with Crippen LogP contribution in [0.15, 0.2) is 28.7 Å². The molecule has 0 aliphatic heterocycles. The van der Waals surface area contributed by atoms with Crippen LogP contribution in [0.3, 0.4) is 0 Å². The van der Waals surface area contributed by atoms with E-state index in [0.29, 0.717) is 5.75 Å². The average Bonchev–Trinajstić information content (AvgIpc) is 2.26. The second-order valence-electron chi connectivity index (χ2n) is 2.54. The number of methoxy groups -OCH3 is 1. The molecule has 4 heteroatoms. The highest BCUT2D eigenvalue weighted by molar-refractivity contribution is 9.10. The van der Waals surface area contributed by atoms with Crippen LogP contribution in [0.5, 0.6) is 5.75 Å². The van der Waals surface area contributed by atoms with Crippen molar-refractivity contribution >= 4 is 21.9 Å². The fourth-order valence-corrected chi connectivity index (χ4v) is 1.07. The molecule has 0 heterocycles. The van der Waals surface area contributed by atoms with Crippen molar-refractivity contribution in [3.8, 4) is 17.6 Å². The third kappa shape index (κ3) is 4.52. The Bertz CT molecular complexity index is 387. The lowest BCUT2D eigenvalue weighted by atomic mass is 10.3. The summed E-state index contributed by atoms with van der Waals surface area (Å²) < 4.78 is 10.6. The van der Waals surface area contributed by atoms with Crippen molar-refractivity contribution < 1.29 is 14.3 Å². The number of hydrogen-bond donors (Lipinski definition) is 0. The van der Waals surface area contributed by atoms with Crippen LogP contribution in [-0.4, -0.2) is 19.7 Å². The molecule has 0 saturated carbocycles. The van der Waals surface area contributed by atoms with Gasteiger partial charge in [0.25, 0.3) is 0 Å². The SMILES string of the molecule is COC(=O)C#CCOc1ccc(Br)cc1. The van der Waals surface area contributed by atoms with Crippen molar-refractivity contribution in [3.63, 3.8) is 0 Å². The van der Waals surface area contributed by atoms with Gasteiger partial charge in [0.15, 0.2) is 0 Å². The van der Waals surface area contributed by atoms with E-state index in [1.165, 1.54) is 7.11 Å². The summed E-state index contributed by atoms with van der Waals surface area (Å²) in [6.07, 6.45) is 0. The zero-order valence-corrected chi connectivity index (χ0v) is 9.71. The van der Waals surface area contributed by atoms with Gasteiger partial charge in [-0.2, -0.15) is 0 Å². The van der Waals surface area contributed by atoms with E-state index >= 15 is 0 Å². The third-order valence-corrected chi connectivity index (χ3v) is 2.03. The molecule has 0 aromatic heterocycles. The number of carbonyl (C=O) groups is 1. The van der Waals surface area contributed by atoms with E-state index in [2.05, 4.69) is 32.5 Å². The summed E-state index contributed by atoms with van der Waals surface area (Å²) in [5, 5.41) is 0. The summed E-state index contributed by atoms with van der Waals surface area (Å²) in [5.74, 6) is 4.95. The standard InChI is InChI=1S/C11H9BrO3/c1-14-11(13)3-2-8-15-10-6-4-9(12)5-7-10/h4-7H,8H2,1H3. The minimum Gasteiger partial charge on any atom is -0.481 e. The highest BCUT2D eigenvalue weighted by Gasteiger charge is 1.92. The van der Waals surface area contributed by atoms with E-state index < -0.39 is 5.97 Å². The topological polar surface area (TPSA) is 35.5 Å². The van der Waals surface area contributed by atoms with Gasteiger partial charge in [-0.3, -0.25) is 0 Å². The number of carbonyl (C=O) groups excluding carboxylic acids is 1. The minimum absolute atomic E-state index is 0.163. The van der Waals surface area contributed by atoms with Crippen LogP contribution >= 0.6 is 15.9 Å². The first-order valence-electron chi connectivity index (χ1n) is 4.17. The molecule has 0 bridgehead atoms. The maximum absolute atomic E-state index is 10.6. The van der Waals surface area contributed by atoms with Crippen LogP contribution in [0.4, 0.5) is 0 Å². The molecule has 0 N–H and O–H groups in total. The number of rotatable bonds is 2. The monoisotopic (exact) mass is 268 g/mol. The molecule has 15 heavy (non-hydrogen) atoms. The molecule has 78 valence electrons. The zero-order valence-electron chi connectivity index (χ0n) is 8.12. The van der Waals surface area contributed by atoms with Crippen LogP contribution in [0, 0.1) is 11.8 Å². The molecule has 0 saturated heterocycles. The fraction of sp³-hybridized carbons (Fsp3) is 0.182. The second-order valence-corrected chi connectivity index (χ2v) is 3.45. The van der Waals surface area contributed by atoms with Gasteiger partial charge in [-0.1, -0.05) is 15.9 Å². The van der Waals surface area contributed by atoms with Crippen molar-refractivity contribution in [2.45, 2.75) is 0 Å². The molecule has 0 atom stereocenters. The minimum atomic E-state index is -0.561. The van der Waals surface area contributed by atoms with Crippen LogP contribution in [0.1, 0.15) is 0 Å². The van der Waals surface area contributed by atoms with Gasteiger partial charge < -0.3 is 9.47 Å². The Hall–Kier alpha value is -1.47. The molecule has 0 fully saturated rings. The van der Waals surface area contributed by atoms with Gasteiger partial charge in [0.1, 0.15) is 12.4 Å². The smallest absolute Gasteiger partial charge is 0.384 e. The van der Waals surface area contributed by atoms with E-state index in [9.17, 15) is 4.79 Å². The number of benzene rings is 1. The molecular weight excluding hydrogens is 260 g/mol. The van der Waals surface area contributed by atoms with Gasteiger partial charge >= 0.3 is 5.97 Å². The summed E-state index contributed by atoms with van der Waals surface area (Å²) >= 11 is 3.31. The lowest BCUT2D eigenvalue weighted by Crippen LogP contribution is -1.98. The molecular formula is C11H9BrO3. The molecule has 0 radical (unpaired) electrons. The van der Waals surface area contributed by atoms with E-state index in [0.717, 1.165) is 4.47 Å². The lowest BCUT2D eigenvalue weighted by molar-refractivity contribution is -0.133. The van der Waals surface area contributed by atoms with Gasteiger partial charge in [0.2, 0.25) is 0 Å². The highest BCUT2D eigenvalue weighted by atomic mass is 79.9. The summed E-state index contributed by atoms with van der Waals surface area (Å²) in [6, 6.07) is 7.35. The largest absolute Gasteiger partial charge is 0.481 e. The van der Waals surface area contributed by atoms with Gasteiger partial charge in [-0.25, -0.2) is 4.79 Å². The van der Waals surface area contributed by atoms with Crippen molar-refractivity contribution in [2.75, 3.05) is 13.7 Å².